The van der Waals surface area contributed by atoms with E-state index in [1.807, 2.05) is 42.5 Å². The highest BCUT2D eigenvalue weighted by Gasteiger charge is 2.02. The molecule has 0 aliphatic rings. The fraction of sp³-hybridized carbons (Fsp3) is 0.167. The van der Waals surface area contributed by atoms with Crippen LogP contribution in [0, 0.1) is 0 Å². The molecule has 3 aromatic rings. The number of benzene rings is 3. The summed E-state index contributed by atoms with van der Waals surface area (Å²) in [6.07, 6.45) is 3.84. The summed E-state index contributed by atoms with van der Waals surface area (Å²) in [6.45, 7) is 0.670. The molecule has 0 heterocycles. The first kappa shape index (κ1) is 20.1. The lowest BCUT2D eigenvalue weighted by Crippen LogP contribution is -2.19. The van der Waals surface area contributed by atoms with E-state index in [0.29, 0.717) is 12.3 Å². The number of nitrogens with one attached hydrogen (secondary N) is 1. The minimum absolute atomic E-state index is 0.176. The van der Waals surface area contributed by atoms with Gasteiger partial charge in [-0.25, -0.2) is 5.43 Å². The lowest BCUT2D eigenvalue weighted by Gasteiger charge is -2.06. The number of nitrogens with zero attached hydrogens (tertiary/aromatic N) is 1. The molecule has 3 aromatic carbocycles. The summed E-state index contributed by atoms with van der Waals surface area (Å²) >= 11 is 0. The van der Waals surface area contributed by atoms with Crippen LogP contribution in [0.25, 0.3) is 0 Å². The van der Waals surface area contributed by atoms with Crippen molar-refractivity contribution >= 4 is 17.8 Å². The van der Waals surface area contributed by atoms with Crippen molar-refractivity contribution in [3.05, 3.63) is 95.6 Å². The van der Waals surface area contributed by atoms with Crippen molar-refractivity contribution in [2.24, 2.45) is 5.10 Å². The maximum Gasteiger partial charge on any atom is 0.244 e. The predicted octanol–water partition coefficient (Wildman–Crippen LogP) is 3.97. The molecule has 5 nitrogen and oxygen atoms in total. The van der Waals surface area contributed by atoms with Crippen molar-refractivity contribution in [2.45, 2.75) is 19.3 Å². The van der Waals surface area contributed by atoms with Crippen LogP contribution in [0.15, 0.2) is 84.0 Å². The van der Waals surface area contributed by atoms with Gasteiger partial charge < -0.3 is 10.5 Å². The number of rotatable bonds is 9. The Morgan fingerprint density at radius 2 is 1.66 bits per heavy atom. The average molecular weight is 387 g/mol. The maximum absolute atomic E-state index is 11.9. The molecule has 0 unspecified atom stereocenters. The zero-order chi connectivity index (χ0) is 20.3. The van der Waals surface area contributed by atoms with E-state index in [1.165, 1.54) is 5.56 Å². The smallest absolute Gasteiger partial charge is 0.244 e. The summed E-state index contributed by atoms with van der Waals surface area (Å²) in [5.74, 6) is 0.645. The van der Waals surface area contributed by atoms with E-state index in [0.717, 1.165) is 29.7 Å². The number of aryl methyl sites for hydroxylation is 1. The molecule has 0 bridgehead atoms. The number of carbonyl (C=O) groups excluding carboxylic acids is 1. The molecule has 0 aliphatic heterocycles. The average Bonchev–Trinajstić information content (AvgIpc) is 2.75. The van der Waals surface area contributed by atoms with Crippen molar-refractivity contribution in [3.8, 4) is 5.75 Å². The lowest BCUT2D eigenvalue weighted by atomic mass is 10.1. The highest BCUT2D eigenvalue weighted by Crippen LogP contribution is 2.12. The Balaban J connectivity index is 1.38. The second kappa shape index (κ2) is 10.7. The molecule has 0 radical (unpaired) electrons. The van der Waals surface area contributed by atoms with Gasteiger partial charge in [-0.3, -0.25) is 4.79 Å². The topological polar surface area (TPSA) is 76.7 Å². The Labute approximate surface area is 171 Å². The Morgan fingerprint density at radius 1 is 0.931 bits per heavy atom. The fourth-order valence-corrected chi connectivity index (χ4v) is 2.80. The molecule has 0 spiro atoms. The van der Waals surface area contributed by atoms with Gasteiger partial charge in [-0.2, -0.15) is 5.10 Å². The molecule has 0 aromatic heterocycles. The van der Waals surface area contributed by atoms with E-state index >= 15 is 0 Å². The molecular weight excluding hydrogens is 362 g/mol. The van der Waals surface area contributed by atoms with Gasteiger partial charge in [-0.05, 0) is 65.9 Å². The van der Waals surface area contributed by atoms with Crippen LogP contribution in [0.4, 0.5) is 5.69 Å². The standard InChI is InChI=1S/C24H25N3O2/c25-22-12-8-20(9-13-22)17-24(28)27-26-18-21-10-14-23(15-11-21)29-16-4-7-19-5-2-1-3-6-19/h1-3,5-6,8-15,18H,4,7,16-17,25H2,(H,27,28)/b26-18-. The van der Waals surface area contributed by atoms with Crippen LogP contribution in [0.3, 0.4) is 0 Å². The third-order valence-electron chi connectivity index (χ3n) is 4.35. The lowest BCUT2D eigenvalue weighted by molar-refractivity contribution is -0.120. The van der Waals surface area contributed by atoms with Crippen molar-refractivity contribution in [1.29, 1.82) is 0 Å². The van der Waals surface area contributed by atoms with Gasteiger partial charge in [-0.15, -0.1) is 0 Å². The minimum Gasteiger partial charge on any atom is -0.494 e. The molecule has 5 heteroatoms. The maximum atomic E-state index is 11.9. The summed E-state index contributed by atoms with van der Waals surface area (Å²) < 4.78 is 5.78. The van der Waals surface area contributed by atoms with Gasteiger partial charge in [0, 0.05) is 5.69 Å². The van der Waals surface area contributed by atoms with Crippen molar-refractivity contribution in [3.63, 3.8) is 0 Å². The van der Waals surface area contributed by atoms with Crippen LogP contribution < -0.4 is 15.9 Å². The normalized spacial score (nSPS) is 10.8. The molecule has 29 heavy (non-hydrogen) atoms. The van der Waals surface area contributed by atoms with E-state index in [-0.39, 0.29) is 12.3 Å². The van der Waals surface area contributed by atoms with Crippen molar-refractivity contribution in [2.75, 3.05) is 12.3 Å². The number of carbonyl (C=O) groups is 1. The van der Waals surface area contributed by atoms with Crippen LogP contribution in [0.5, 0.6) is 5.75 Å². The van der Waals surface area contributed by atoms with Gasteiger partial charge >= 0.3 is 0 Å². The van der Waals surface area contributed by atoms with E-state index in [4.69, 9.17) is 10.5 Å². The first-order valence-electron chi connectivity index (χ1n) is 9.62. The molecule has 0 saturated carbocycles. The van der Waals surface area contributed by atoms with Gasteiger partial charge in [0.1, 0.15) is 5.75 Å². The zero-order valence-corrected chi connectivity index (χ0v) is 16.3. The van der Waals surface area contributed by atoms with Crippen LogP contribution in [0.2, 0.25) is 0 Å². The SMILES string of the molecule is Nc1ccc(CC(=O)N/N=C\c2ccc(OCCCc3ccccc3)cc2)cc1. The number of ether oxygens (including phenoxy) is 1. The Kier molecular flexibility index (Phi) is 7.41. The van der Waals surface area contributed by atoms with Crippen LogP contribution in [0.1, 0.15) is 23.1 Å². The van der Waals surface area contributed by atoms with Crippen LogP contribution in [-0.2, 0) is 17.6 Å². The van der Waals surface area contributed by atoms with Crippen molar-refractivity contribution < 1.29 is 9.53 Å². The summed E-state index contributed by atoms with van der Waals surface area (Å²) in [6, 6.07) is 25.2. The van der Waals surface area contributed by atoms with Gasteiger partial charge in [0.15, 0.2) is 0 Å². The predicted molar refractivity (Wildman–Crippen MR) is 117 cm³/mol. The first-order chi connectivity index (χ1) is 14.2. The van der Waals surface area contributed by atoms with E-state index in [9.17, 15) is 4.79 Å². The molecular formula is C24H25N3O2. The molecule has 148 valence electrons. The number of hydrogen-bond acceptors (Lipinski definition) is 4. The molecule has 0 saturated heterocycles. The second-order valence-corrected chi connectivity index (χ2v) is 6.72. The first-order valence-corrected chi connectivity index (χ1v) is 9.62. The largest absolute Gasteiger partial charge is 0.494 e. The quantitative estimate of drug-likeness (QED) is 0.252. The second-order valence-electron chi connectivity index (χ2n) is 6.72. The molecule has 1 amide bonds. The minimum atomic E-state index is -0.176. The van der Waals surface area contributed by atoms with Crippen molar-refractivity contribution in [1.82, 2.24) is 5.43 Å². The van der Waals surface area contributed by atoms with Gasteiger partial charge in [0.05, 0.1) is 19.2 Å². The van der Waals surface area contributed by atoms with Crippen LogP contribution in [-0.4, -0.2) is 18.7 Å². The summed E-state index contributed by atoms with van der Waals surface area (Å²) in [5, 5.41) is 4.00. The summed E-state index contributed by atoms with van der Waals surface area (Å²) in [5.41, 5.74) is 11.9. The number of hydrazone groups is 1. The Morgan fingerprint density at radius 3 is 2.38 bits per heavy atom. The van der Waals surface area contributed by atoms with E-state index < -0.39 is 0 Å². The molecule has 3 N–H and O–H groups in total. The molecule has 0 aliphatic carbocycles. The monoisotopic (exact) mass is 387 g/mol. The third kappa shape index (κ3) is 7.14. The number of hydrogen-bond donors (Lipinski definition) is 2. The number of anilines is 1. The highest BCUT2D eigenvalue weighted by molar-refractivity contribution is 5.83. The summed E-state index contributed by atoms with van der Waals surface area (Å²) in [7, 11) is 0. The van der Waals surface area contributed by atoms with Gasteiger partial charge in [-0.1, -0.05) is 42.5 Å². The molecule has 0 atom stereocenters. The van der Waals surface area contributed by atoms with Gasteiger partial charge in [0.2, 0.25) is 5.91 Å². The highest BCUT2D eigenvalue weighted by atomic mass is 16.5. The number of amides is 1. The van der Waals surface area contributed by atoms with Gasteiger partial charge in [0.25, 0.3) is 0 Å². The summed E-state index contributed by atoms with van der Waals surface area (Å²) in [4.78, 5) is 11.9. The number of nitrogen functional groups attached to an aromatic ring is 1. The Hall–Kier alpha value is -3.60. The van der Waals surface area contributed by atoms with Crippen LogP contribution >= 0.6 is 0 Å². The van der Waals surface area contributed by atoms with E-state index in [2.05, 4.69) is 34.8 Å². The van der Waals surface area contributed by atoms with E-state index in [1.54, 1.807) is 18.3 Å². The zero-order valence-electron chi connectivity index (χ0n) is 16.3. The fourth-order valence-electron chi connectivity index (χ4n) is 2.80. The Bertz CT molecular complexity index is 921. The molecule has 3 rings (SSSR count). The molecule has 0 fully saturated rings. The number of nitrogens with two attached hydrogens (primary N) is 1. The third-order valence-corrected chi connectivity index (χ3v) is 4.35.